The molecule has 146 valence electrons. The van der Waals surface area contributed by atoms with Gasteiger partial charge in [0.2, 0.25) is 0 Å². The molecule has 1 aliphatic heterocycles. The Balaban J connectivity index is 0.00000225. The zero-order chi connectivity index (χ0) is 18.6. The average Bonchev–Trinajstić information content (AvgIpc) is 2.74. The van der Waals surface area contributed by atoms with Gasteiger partial charge in [-0.2, -0.15) is 0 Å². The zero-order valence-corrected chi connectivity index (χ0v) is 16.7. The number of ether oxygens (including phenoxy) is 1. The van der Waals surface area contributed by atoms with Gasteiger partial charge in [-0.1, -0.05) is 30.3 Å². The summed E-state index contributed by atoms with van der Waals surface area (Å²) in [5, 5.41) is 0. The third-order valence-electron chi connectivity index (χ3n) is 5.07. The van der Waals surface area contributed by atoms with Crippen LogP contribution in [0, 0.1) is 5.92 Å². The number of rotatable bonds is 4. The van der Waals surface area contributed by atoms with Gasteiger partial charge in [-0.25, -0.2) is 4.98 Å². The molecule has 5 nitrogen and oxygen atoms in total. The molecule has 4 rings (SSSR count). The number of carbonyl (C=O) groups excluding carboxylic acids is 1. The quantitative estimate of drug-likeness (QED) is 0.607. The summed E-state index contributed by atoms with van der Waals surface area (Å²) in [6, 6.07) is 16.2. The summed E-state index contributed by atoms with van der Waals surface area (Å²) in [4.78, 5) is 23.7. The van der Waals surface area contributed by atoms with E-state index in [1.54, 1.807) is 6.20 Å². The molecule has 0 N–H and O–H groups in total. The van der Waals surface area contributed by atoms with Gasteiger partial charge >= 0.3 is 5.97 Å². The average molecular weight is 398 g/mol. The van der Waals surface area contributed by atoms with Crippen LogP contribution in [0.1, 0.15) is 19.8 Å². The van der Waals surface area contributed by atoms with Gasteiger partial charge in [-0.05, 0) is 38.0 Å². The van der Waals surface area contributed by atoms with E-state index in [0.29, 0.717) is 6.61 Å². The van der Waals surface area contributed by atoms with Crippen LogP contribution < -0.4 is 4.90 Å². The fourth-order valence-electron chi connectivity index (χ4n) is 3.66. The van der Waals surface area contributed by atoms with Crippen LogP contribution in [0.4, 0.5) is 5.69 Å². The molecule has 0 amide bonds. The van der Waals surface area contributed by atoms with Gasteiger partial charge in [0.05, 0.1) is 29.4 Å². The first-order valence-electron chi connectivity index (χ1n) is 9.49. The first-order chi connectivity index (χ1) is 13.3. The lowest BCUT2D eigenvalue weighted by Crippen LogP contribution is -2.37. The summed E-state index contributed by atoms with van der Waals surface area (Å²) in [5.41, 5.74) is 4.92. The zero-order valence-electron chi connectivity index (χ0n) is 15.9. The van der Waals surface area contributed by atoms with Crippen molar-refractivity contribution in [2.45, 2.75) is 19.8 Å². The lowest BCUT2D eigenvalue weighted by molar-refractivity contribution is -0.148. The van der Waals surface area contributed by atoms with Crippen molar-refractivity contribution in [1.82, 2.24) is 9.97 Å². The molecule has 2 aromatic heterocycles. The molecule has 0 radical (unpaired) electrons. The van der Waals surface area contributed by atoms with E-state index in [1.165, 1.54) is 0 Å². The van der Waals surface area contributed by atoms with Crippen molar-refractivity contribution in [3.63, 3.8) is 0 Å². The van der Waals surface area contributed by atoms with Crippen LogP contribution in [0.2, 0.25) is 0 Å². The Morgan fingerprint density at radius 3 is 2.61 bits per heavy atom. The number of carbonyl (C=O) groups is 1. The monoisotopic (exact) mass is 397 g/mol. The summed E-state index contributed by atoms with van der Waals surface area (Å²) in [6.45, 7) is 3.92. The second-order valence-corrected chi connectivity index (χ2v) is 6.78. The number of benzene rings is 1. The normalized spacial score (nSPS) is 14.5. The SMILES string of the molecule is CCOC(=O)C1CCN(c2cc(-c3ccccc3)nc3cccnc23)CC1.Cl. The summed E-state index contributed by atoms with van der Waals surface area (Å²) in [6.07, 6.45) is 3.41. The van der Waals surface area contributed by atoms with E-state index in [1.807, 2.05) is 37.3 Å². The topological polar surface area (TPSA) is 55.3 Å². The van der Waals surface area contributed by atoms with E-state index in [2.05, 4.69) is 28.1 Å². The molecule has 0 spiro atoms. The number of hydrogen-bond acceptors (Lipinski definition) is 5. The van der Waals surface area contributed by atoms with Gasteiger partial charge in [-0.3, -0.25) is 9.78 Å². The second kappa shape index (κ2) is 9.02. The molecule has 3 heterocycles. The van der Waals surface area contributed by atoms with Gasteiger partial charge in [0.25, 0.3) is 0 Å². The summed E-state index contributed by atoms with van der Waals surface area (Å²) >= 11 is 0. The van der Waals surface area contributed by atoms with Crippen LogP contribution in [0.25, 0.3) is 22.3 Å². The minimum atomic E-state index is -0.0696. The summed E-state index contributed by atoms with van der Waals surface area (Å²) in [5.74, 6) is -0.0734. The maximum atomic E-state index is 12.0. The van der Waals surface area contributed by atoms with Crippen molar-refractivity contribution in [3.8, 4) is 11.3 Å². The number of nitrogens with zero attached hydrogens (tertiary/aromatic N) is 3. The molecule has 0 saturated carbocycles. The fraction of sp³-hybridized carbons (Fsp3) is 0.318. The highest BCUT2D eigenvalue weighted by Crippen LogP contribution is 2.32. The third kappa shape index (κ3) is 4.09. The number of pyridine rings is 2. The second-order valence-electron chi connectivity index (χ2n) is 6.78. The fourth-order valence-corrected chi connectivity index (χ4v) is 3.66. The van der Waals surface area contributed by atoms with E-state index >= 15 is 0 Å². The predicted octanol–water partition coefficient (Wildman–Crippen LogP) is 4.50. The highest BCUT2D eigenvalue weighted by molar-refractivity contribution is 5.91. The van der Waals surface area contributed by atoms with Crippen LogP contribution in [0.3, 0.4) is 0 Å². The first kappa shape index (κ1) is 20.1. The van der Waals surface area contributed by atoms with Crippen molar-refractivity contribution in [1.29, 1.82) is 0 Å². The van der Waals surface area contributed by atoms with Gasteiger partial charge in [0, 0.05) is 24.8 Å². The number of esters is 1. The summed E-state index contributed by atoms with van der Waals surface area (Å²) in [7, 11) is 0. The van der Waals surface area contributed by atoms with Crippen LogP contribution in [-0.2, 0) is 9.53 Å². The smallest absolute Gasteiger partial charge is 0.309 e. The molecule has 28 heavy (non-hydrogen) atoms. The molecule has 1 aliphatic rings. The maximum absolute atomic E-state index is 12.0. The molecular weight excluding hydrogens is 374 g/mol. The van der Waals surface area contributed by atoms with Crippen LogP contribution in [0.15, 0.2) is 54.7 Å². The Morgan fingerprint density at radius 1 is 1.14 bits per heavy atom. The number of hydrogen-bond donors (Lipinski definition) is 0. The number of anilines is 1. The molecule has 6 heteroatoms. The van der Waals surface area contributed by atoms with Crippen molar-refractivity contribution in [2.75, 3.05) is 24.6 Å². The lowest BCUT2D eigenvalue weighted by Gasteiger charge is -2.33. The number of halogens is 1. The van der Waals surface area contributed by atoms with Crippen molar-refractivity contribution >= 4 is 35.1 Å². The van der Waals surface area contributed by atoms with E-state index in [0.717, 1.165) is 53.9 Å². The van der Waals surface area contributed by atoms with Gasteiger partial charge < -0.3 is 9.64 Å². The van der Waals surface area contributed by atoms with Crippen molar-refractivity contribution in [2.24, 2.45) is 5.92 Å². The molecule has 3 aromatic rings. The Labute approximate surface area is 171 Å². The Bertz CT molecular complexity index is 941. The van der Waals surface area contributed by atoms with E-state index in [-0.39, 0.29) is 24.3 Å². The van der Waals surface area contributed by atoms with Crippen molar-refractivity contribution in [3.05, 3.63) is 54.7 Å². The van der Waals surface area contributed by atoms with E-state index in [4.69, 9.17) is 9.72 Å². The highest BCUT2D eigenvalue weighted by atomic mass is 35.5. The Kier molecular flexibility index (Phi) is 6.47. The van der Waals surface area contributed by atoms with E-state index in [9.17, 15) is 4.79 Å². The van der Waals surface area contributed by atoms with Gasteiger partial charge in [0.1, 0.15) is 5.52 Å². The molecule has 1 saturated heterocycles. The number of fused-ring (bicyclic) bond motifs is 1. The molecule has 0 bridgehead atoms. The minimum Gasteiger partial charge on any atom is -0.466 e. The maximum Gasteiger partial charge on any atom is 0.309 e. The first-order valence-corrected chi connectivity index (χ1v) is 9.49. The standard InChI is InChI=1S/C22H23N3O2.ClH/c1-2-27-22(26)17-10-13-25(14-11-17)20-15-19(16-7-4-3-5-8-16)24-18-9-6-12-23-21(18)20;/h3-9,12,15,17H,2,10-11,13-14H2,1H3;1H. The largest absolute Gasteiger partial charge is 0.466 e. The van der Waals surface area contributed by atoms with Crippen LogP contribution >= 0.6 is 12.4 Å². The van der Waals surface area contributed by atoms with Crippen molar-refractivity contribution < 1.29 is 9.53 Å². The summed E-state index contributed by atoms with van der Waals surface area (Å²) < 4.78 is 5.19. The molecule has 1 fully saturated rings. The van der Waals surface area contributed by atoms with Gasteiger partial charge in [0.15, 0.2) is 0 Å². The minimum absolute atomic E-state index is 0. The van der Waals surface area contributed by atoms with Gasteiger partial charge in [-0.15, -0.1) is 12.4 Å². The molecule has 0 unspecified atom stereocenters. The lowest BCUT2D eigenvalue weighted by atomic mass is 9.96. The van der Waals surface area contributed by atoms with E-state index < -0.39 is 0 Å². The number of aromatic nitrogens is 2. The Morgan fingerprint density at radius 2 is 1.89 bits per heavy atom. The molecule has 1 aromatic carbocycles. The third-order valence-corrected chi connectivity index (χ3v) is 5.07. The van der Waals surface area contributed by atoms with Crippen LogP contribution in [0.5, 0.6) is 0 Å². The van der Waals surface area contributed by atoms with Crippen LogP contribution in [-0.4, -0.2) is 35.6 Å². The molecule has 0 aliphatic carbocycles. The molecule has 0 atom stereocenters. The molecular formula is C22H24ClN3O2. The number of piperidine rings is 1. The predicted molar refractivity (Wildman–Crippen MR) is 114 cm³/mol. The Hall–Kier alpha value is -2.66. The highest BCUT2D eigenvalue weighted by Gasteiger charge is 2.27.